The van der Waals surface area contributed by atoms with Gasteiger partial charge in [-0.25, -0.2) is 17.9 Å². The zero-order chi connectivity index (χ0) is 14.7. The number of nitrogens with one attached hydrogen (secondary N) is 1. The van der Waals surface area contributed by atoms with Crippen LogP contribution in [0.1, 0.15) is 16.6 Å². The van der Waals surface area contributed by atoms with E-state index < -0.39 is 28.2 Å². The van der Waals surface area contributed by atoms with E-state index in [0.29, 0.717) is 0 Å². The molecule has 3 N–H and O–H groups in total. The van der Waals surface area contributed by atoms with Gasteiger partial charge in [-0.2, -0.15) is 0 Å². The second-order valence-electron chi connectivity index (χ2n) is 4.09. The summed E-state index contributed by atoms with van der Waals surface area (Å²) in [4.78, 5) is 11.2. The fraction of sp³-hybridized carbons (Fsp3) is 0.500. The molecule has 0 radical (unpaired) electrons. The fourth-order valence-corrected chi connectivity index (χ4v) is 3.63. The van der Waals surface area contributed by atoms with Gasteiger partial charge in [0.1, 0.15) is 9.77 Å². The minimum Gasteiger partial charge on any atom is -0.465 e. The Kier molecular flexibility index (Phi) is 5.04. The van der Waals surface area contributed by atoms with Gasteiger partial charge in [-0.05, 0) is 18.4 Å². The lowest BCUT2D eigenvalue weighted by Crippen LogP contribution is -2.43. The molecular formula is C10H15NO6S2. The first kappa shape index (κ1) is 16.1. The third kappa shape index (κ3) is 3.98. The van der Waals surface area contributed by atoms with Gasteiger partial charge >= 0.3 is 5.97 Å². The van der Waals surface area contributed by atoms with Crippen LogP contribution in [0.5, 0.6) is 0 Å². The SMILES string of the molecule is COC(=O)c1sccc1S(=O)(=O)NCC(C)(O)CO. The molecule has 0 saturated carbocycles. The number of sulfonamides is 1. The summed E-state index contributed by atoms with van der Waals surface area (Å²) in [5.41, 5.74) is -1.57. The number of rotatable bonds is 6. The molecule has 0 aliphatic carbocycles. The summed E-state index contributed by atoms with van der Waals surface area (Å²) in [5, 5.41) is 19.8. The van der Waals surface area contributed by atoms with Crippen LogP contribution < -0.4 is 4.72 Å². The molecule has 108 valence electrons. The molecule has 1 aromatic rings. The van der Waals surface area contributed by atoms with Crippen LogP contribution in [-0.2, 0) is 14.8 Å². The molecule has 1 aromatic heterocycles. The maximum Gasteiger partial charge on any atom is 0.349 e. The van der Waals surface area contributed by atoms with Crippen molar-refractivity contribution in [1.29, 1.82) is 0 Å². The van der Waals surface area contributed by atoms with Crippen molar-refractivity contribution in [3.8, 4) is 0 Å². The Balaban J connectivity index is 2.96. The Bertz CT molecular complexity index is 548. The van der Waals surface area contributed by atoms with Gasteiger partial charge in [0.2, 0.25) is 10.0 Å². The van der Waals surface area contributed by atoms with Crippen molar-refractivity contribution in [2.75, 3.05) is 20.3 Å². The van der Waals surface area contributed by atoms with E-state index in [9.17, 15) is 18.3 Å². The van der Waals surface area contributed by atoms with E-state index in [2.05, 4.69) is 9.46 Å². The zero-order valence-corrected chi connectivity index (χ0v) is 12.0. The van der Waals surface area contributed by atoms with Gasteiger partial charge in [-0.1, -0.05) is 0 Å². The van der Waals surface area contributed by atoms with Crippen molar-refractivity contribution in [2.45, 2.75) is 17.4 Å². The highest BCUT2D eigenvalue weighted by Crippen LogP contribution is 2.22. The average molecular weight is 309 g/mol. The molecule has 0 fully saturated rings. The third-order valence-corrected chi connectivity index (χ3v) is 4.74. The van der Waals surface area contributed by atoms with E-state index in [-0.39, 0.29) is 16.3 Å². The van der Waals surface area contributed by atoms with Crippen molar-refractivity contribution in [2.24, 2.45) is 0 Å². The van der Waals surface area contributed by atoms with E-state index in [0.717, 1.165) is 18.4 Å². The normalized spacial score (nSPS) is 14.9. The second-order valence-corrected chi connectivity index (χ2v) is 6.74. The van der Waals surface area contributed by atoms with E-state index in [1.165, 1.54) is 18.4 Å². The predicted octanol–water partition coefficient (Wildman–Crippen LogP) is -0.444. The summed E-state index contributed by atoms with van der Waals surface area (Å²) in [6, 6.07) is 1.27. The molecule has 1 atom stereocenters. The quantitative estimate of drug-likeness (QED) is 0.614. The van der Waals surface area contributed by atoms with Gasteiger partial charge in [0, 0.05) is 6.54 Å². The largest absolute Gasteiger partial charge is 0.465 e. The van der Waals surface area contributed by atoms with Crippen LogP contribution in [0.4, 0.5) is 0 Å². The van der Waals surface area contributed by atoms with Gasteiger partial charge in [0.15, 0.2) is 0 Å². The number of aliphatic hydroxyl groups is 2. The van der Waals surface area contributed by atoms with Crippen molar-refractivity contribution in [3.05, 3.63) is 16.3 Å². The molecule has 0 aliphatic rings. The number of esters is 1. The highest BCUT2D eigenvalue weighted by atomic mass is 32.2. The maximum absolute atomic E-state index is 12.0. The molecule has 0 bridgehead atoms. The number of aliphatic hydroxyl groups excluding tert-OH is 1. The molecule has 19 heavy (non-hydrogen) atoms. The average Bonchev–Trinajstić information content (AvgIpc) is 2.86. The minimum atomic E-state index is -3.96. The summed E-state index contributed by atoms with van der Waals surface area (Å²) in [7, 11) is -2.80. The molecule has 0 aliphatic heterocycles. The van der Waals surface area contributed by atoms with Crippen LogP contribution in [0.2, 0.25) is 0 Å². The first-order valence-corrected chi connectivity index (χ1v) is 7.58. The molecule has 0 saturated heterocycles. The first-order valence-electron chi connectivity index (χ1n) is 5.22. The van der Waals surface area contributed by atoms with Crippen LogP contribution >= 0.6 is 11.3 Å². The van der Waals surface area contributed by atoms with Crippen molar-refractivity contribution in [3.63, 3.8) is 0 Å². The molecule has 0 spiro atoms. The lowest BCUT2D eigenvalue weighted by Gasteiger charge is -2.20. The summed E-state index contributed by atoms with van der Waals surface area (Å²) >= 11 is 0.943. The standard InChI is InChI=1S/C10H15NO6S2/c1-10(14,6-12)5-11-19(15,16)7-3-4-18-8(7)9(13)17-2/h3-4,11-12,14H,5-6H2,1-2H3. The topological polar surface area (TPSA) is 113 Å². The molecule has 1 heterocycles. The Hall–Kier alpha value is -1.00. The lowest BCUT2D eigenvalue weighted by atomic mass is 10.1. The van der Waals surface area contributed by atoms with Crippen molar-refractivity contribution in [1.82, 2.24) is 4.72 Å². The molecule has 7 nitrogen and oxygen atoms in total. The van der Waals surface area contributed by atoms with Crippen LogP contribution in [0.3, 0.4) is 0 Å². The predicted molar refractivity (Wildman–Crippen MR) is 68.6 cm³/mol. The Morgan fingerprint density at radius 2 is 2.21 bits per heavy atom. The summed E-state index contributed by atoms with van der Waals surface area (Å²) in [5.74, 6) is -0.746. The number of carbonyl (C=O) groups is 1. The smallest absolute Gasteiger partial charge is 0.349 e. The molecule has 0 aromatic carbocycles. The van der Waals surface area contributed by atoms with E-state index >= 15 is 0 Å². The van der Waals surface area contributed by atoms with Crippen molar-refractivity contribution >= 4 is 27.3 Å². The summed E-state index contributed by atoms with van der Waals surface area (Å²) in [6.07, 6.45) is 0. The molecule has 1 rings (SSSR count). The highest BCUT2D eigenvalue weighted by Gasteiger charge is 2.27. The number of carbonyl (C=O) groups excluding carboxylic acids is 1. The number of thiophene rings is 1. The van der Waals surface area contributed by atoms with E-state index in [1.54, 1.807) is 0 Å². The fourth-order valence-electron chi connectivity index (χ4n) is 1.13. The van der Waals surface area contributed by atoms with Gasteiger partial charge < -0.3 is 14.9 Å². The van der Waals surface area contributed by atoms with Crippen LogP contribution in [-0.4, -0.2) is 50.5 Å². The third-order valence-electron chi connectivity index (χ3n) is 2.27. The monoisotopic (exact) mass is 309 g/mol. The minimum absolute atomic E-state index is 0.0429. The molecule has 1 unspecified atom stereocenters. The number of hydrogen-bond donors (Lipinski definition) is 3. The lowest BCUT2D eigenvalue weighted by molar-refractivity contribution is 0.00681. The summed E-state index contributed by atoms with van der Waals surface area (Å²) in [6.45, 7) is 0.315. The Morgan fingerprint density at radius 3 is 2.74 bits per heavy atom. The Labute approximate surface area is 114 Å². The maximum atomic E-state index is 12.0. The highest BCUT2D eigenvalue weighted by molar-refractivity contribution is 7.89. The van der Waals surface area contributed by atoms with Gasteiger partial charge in [-0.15, -0.1) is 11.3 Å². The van der Waals surface area contributed by atoms with Crippen LogP contribution in [0.15, 0.2) is 16.3 Å². The van der Waals surface area contributed by atoms with Crippen LogP contribution in [0, 0.1) is 0 Å². The molecule has 9 heteroatoms. The zero-order valence-electron chi connectivity index (χ0n) is 10.4. The van der Waals surface area contributed by atoms with Gasteiger partial charge in [0.25, 0.3) is 0 Å². The van der Waals surface area contributed by atoms with E-state index in [4.69, 9.17) is 5.11 Å². The summed E-state index contributed by atoms with van der Waals surface area (Å²) < 4.78 is 30.6. The molecular weight excluding hydrogens is 294 g/mol. The second kappa shape index (κ2) is 5.97. The van der Waals surface area contributed by atoms with Gasteiger partial charge in [-0.3, -0.25) is 0 Å². The number of ether oxygens (including phenoxy) is 1. The van der Waals surface area contributed by atoms with Crippen LogP contribution in [0.25, 0.3) is 0 Å². The number of hydrogen-bond acceptors (Lipinski definition) is 7. The first-order chi connectivity index (χ1) is 8.73. The van der Waals surface area contributed by atoms with E-state index in [1.807, 2.05) is 0 Å². The van der Waals surface area contributed by atoms with Gasteiger partial charge in [0.05, 0.1) is 19.3 Å². The molecule has 0 amide bonds. The van der Waals surface area contributed by atoms with Crippen molar-refractivity contribution < 1.29 is 28.2 Å². The number of methoxy groups -OCH3 is 1. The Morgan fingerprint density at radius 1 is 1.58 bits per heavy atom.